The van der Waals surface area contributed by atoms with Crippen LogP contribution in [0.25, 0.3) is 11.4 Å². The molecular formula is C20H17F6N7O2. The van der Waals surface area contributed by atoms with Crippen molar-refractivity contribution in [3.63, 3.8) is 0 Å². The van der Waals surface area contributed by atoms with Crippen LogP contribution in [0.2, 0.25) is 0 Å². The van der Waals surface area contributed by atoms with Crippen molar-refractivity contribution in [1.29, 1.82) is 0 Å². The van der Waals surface area contributed by atoms with Gasteiger partial charge >= 0.3 is 12.4 Å². The number of likely N-dealkylation sites (N-methyl/N-ethyl adjacent to an activating group) is 1. The molecule has 0 fully saturated rings. The molecule has 0 aliphatic heterocycles. The third-order valence-corrected chi connectivity index (χ3v) is 4.70. The van der Waals surface area contributed by atoms with Crippen LogP contribution in [-0.2, 0) is 23.7 Å². The highest BCUT2D eigenvalue weighted by Gasteiger charge is 2.37. The molecule has 1 aromatic carbocycles. The Morgan fingerprint density at radius 1 is 1.00 bits per heavy atom. The van der Waals surface area contributed by atoms with E-state index < -0.39 is 41.0 Å². The lowest BCUT2D eigenvalue weighted by molar-refractivity contribution is -0.143. The molecule has 2 heterocycles. The van der Waals surface area contributed by atoms with Crippen LogP contribution in [-0.4, -0.2) is 43.8 Å². The first-order valence-corrected chi connectivity index (χ1v) is 9.82. The minimum atomic E-state index is -5.10. The van der Waals surface area contributed by atoms with E-state index in [1.165, 1.54) is 37.2 Å². The fourth-order valence-electron chi connectivity index (χ4n) is 3.01. The van der Waals surface area contributed by atoms with Crippen LogP contribution in [0.5, 0.6) is 0 Å². The van der Waals surface area contributed by atoms with Crippen LogP contribution < -0.4 is 10.6 Å². The van der Waals surface area contributed by atoms with Crippen LogP contribution in [0, 0.1) is 0 Å². The summed E-state index contributed by atoms with van der Waals surface area (Å²) in [5.74, 6) is -1.53. The summed E-state index contributed by atoms with van der Waals surface area (Å²) in [5.41, 5.74) is -3.62. The molecule has 3 aromatic rings. The summed E-state index contributed by atoms with van der Waals surface area (Å²) >= 11 is 0. The number of carbonyl (C=O) groups is 2. The number of nitrogens with one attached hydrogen (secondary N) is 2. The summed E-state index contributed by atoms with van der Waals surface area (Å²) in [6, 6.07) is -0.402. The van der Waals surface area contributed by atoms with Gasteiger partial charge in [-0.1, -0.05) is 5.21 Å². The van der Waals surface area contributed by atoms with Gasteiger partial charge in [0.15, 0.2) is 0 Å². The van der Waals surface area contributed by atoms with E-state index in [2.05, 4.69) is 30.9 Å². The minimum Gasteiger partial charge on any atom is -0.358 e. The Labute approximate surface area is 193 Å². The van der Waals surface area contributed by atoms with Crippen LogP contribution in [0.15, 0.2) is 36.8 Å². The Morgan fingerprint density at radius 2 is 1.60 bits per heavy atom. The lowest BCUT2D eigenvalue weighted by Gasteiger charge is -2.17. The summed E-state index contributed by atoms with van der Waals surface area (Å²) in [4.78, 5) is 32.4. The molecular weight excluding hydrogens is 484 g/mol. The molecule has 186 valence electrons. The van der Waals surface area contributed by atoms with Crippen molar-refractivity contribution in [2.45, 2.75) is 31.9 Å². The predicted molar refractivity (Wildman–Crippen MR) is 107 cm³/mol. The number of rotatable bonds is 6. The first-order chi connectivity index (χ1) is 16.3. The summed E-state index contributed by atoms with van der Waals surface area (Å²) in [6.07, 6.45) is -6.21. The molecule has 0 saturated carbocycles. The molecule has 3 rings (SSSR count). The third kappa shape index (κ3) is 6.10. The van der Waals surface area contributed by atoms with Crippen molar-refractivity contribution in [3.8, 4) is 11.4 Å². The second-order valence-corrected chi connectivity index (χ2v) is 7.25. The van der Waals surface area contributed by atoms with Gasteiger partial charge in [-0.3, -0.25) is 19.6 Å². The highest BCUT2D eigenvalue weighted by atomic mass is 19.4. The van der Waals surface area contributed by atoms with Crippen molar-refractivity contribution in [3.05, 3.63) is 59.2 Å². The molecule has 0 spiro atoms. The molecule has 0 aliphatic rings. The van der Waals surface area contributed by atoms with Crippen molar-refractivity contribution >= 4 is 11.8 Å². The lowest BCUT2D eigenvalue weighted by atomic mass is 10.0. The number of amides is 2. The number of aromatic nitrogens is 5. The maximum absolute atomic E-state index is 13.1. The van der Waals surface area contributed by atoms with E-state index in [-0.39, 0.29) is 35.6 Å². The number of hydrogen-bond donors (Lipinski definition) is 2. The summed E-state index contributed by atoms with van der Waals surface area (Å²) in [5, 5.41) is 12.4. The van der Waals surface area contributed by atoms with Gasteiger partial charge in [0.25, 0.3) is 5.91 Å². The predicted octanol–water partition coefficient (Wildman–Crippen LogP) is 3.01. The molecule has 9 nitrogen and oxygen atoms in total. The van der Waals surface area contributed by atoms with E-state index in [1.807, 2.05) is 0 Å². The number of halogens is 6. The molecule has 0 radical (unpaired) electrons. The smallest absolute Gasteiger partial charge is 0.358 e. The maximum atomic E-state index is 13.1. The zero-order valence-corrected chi connectivity index (χ0v) is 18.1. The molecule has 35 heavy (non-hydrogen) atoms. The Hall–Kier alpha value is -4.04. The fraction of sp³-hybridized carbons (Fsp3) is 0.300. The third-order valence-electron chi connectivity index (χ3n) is 4.70. The molecule has 2 aromatic heterocycles. The molecule has 0 bridgehead atoms. The van der Waals surface area contributed by atoms with Crippen molar-refractivity contribution < 1.29 is 35.9 Å². The Morgan fingerprint density at radius 3 is 2.17 bits per heavy atom. The van der Waals surface area contributed by atoms with Gasteiger partial charge in [0, 0.05) is 25.0 Å². The minimum absolute atomic E-state index is 0.0664. The molecule has 2 N–H and O–H groups in total. The van der Waals surface area contributed by atoms with Gasteiger partial charge < -0.3 is 10.6 Å². The average Bonchev–Trinajstić information content (AvgIpc) is 3.25. The van der Waals surface area contributed by atoms with Gasteiger partial charge in [-0.05, 0) is 25.1 Å². The second kappa shape index (κ2) is 9.68. The number of carbonyl (C=O) groups excluding carboxylic acids is 2. The maximum Gasteiger partial charge on any atom is 0.416 e. The van der Waals surface area contributed by atoms with Gasteiger partial charge in [0.1, 0.15) is 17.9 Å². The van der Waals surface area contributed by atoms with Gasteiger partial charge in [0.05, 0.1) is 29.1 Å². The summed E-state index contributed by atoms with van der Waals surface area (Å²) in [7, 11) is 1.44. The first kappa shape index (κ1) is 25.6. The van der Waals surface area contributed by atoms with E-state index in [0.717, 1.165) is 0 Å². The van der Waals surface area contributed by atoms with Gasteiger partial charge in [-0.15, -0.1) is 5.10 Å². The second-order valence-electron chi connectivity index (χ2n) is 7.25. The van der Waals surface area contributed by atoms with E-state index in [0.29, 0.717) is 12.1 Å². The SMILES string of the molecule is CNC(=O)Cn1cc(-c2nccnc2C(C)NC(=O)c2cc(C(F)(F)F)cc(C(F)(F)F)c2)nn1. The van der Waals surface area contributed by atoms with Crippen molar-refractivity contribution in [2.75, 3.05) is 7.05 Å². The summed E-state index contributed by atoms with van der Waals surface area (Å²) in [6.45, 7) is 1.28. The number of nitrogens with zero attached hydrogens (tertiary/aromatic N) is 5. The number of benzene rings is 1. The zero-order valence-electron chi connectivity index (χ0n) is 18.1. The Balaban J connectivity index is 1.90. The van der Waals surface area contributed by atoms with E-state index in [4.69, 9.17) is 0 Å². The van der Waals surface area contributed by atoms with Crippen LogP contribution in [0.1, 0.15) is 40.1 Å². The Bertz CT molecular complexity index is 1210. The largest absolute Gasteiger partial charge is 0.416 e. The highest BCUT2D eigenvalue weighted by molar-refractivity contribution is 5.95. The van der Waals surface area contributed by atoms with Crippen LogP contribution in [0.4, 0.5) is 26.3 Å². The molecule has 15 heteroatoms. The van der Waals surface area contributed by atoms with E-state index >= 15 is 0 Å². The summed E-state index contributed by atoms with van der Waals surface area (Å²) < 4.78 is 79.9. The van der Waals surface area contributed by atoms with E-state index in [9.17, 15) is 35.9 Å². The topological polar surface area (TPSA) is 115 Å². The zero-order chi connectivity index (χ0) is 26.0. The van der Waals surface area contributed by atoms with Gasteiger partial charge in [0.2, 0.25) is 5.91 Å². The van der Waals surface area contributed by atoms with Crippen molar-refractivity contribution in [1.82, 2.24) is 35.6 Å². The highest BCUT2D eigenvalue weighted by Crippen LogP contribution is 2.36. The van der Waals surface area contributed by atoms with E-state index in [1.54, 1.807) is 0 Å². The van der Waals surface area contributed by atoms with Gasteiger partial charge in [-0.2, -0.15) is 26.3 Å². The molecule has 1 unspecified atom stereocenters. The molecule has 0 saturated heterocycles. The van der Waals surface area contributed by atoms with Crippen LogP contribution >= 0.6 is 0 Å². The van der Waals surface area contributed by atoms with Crippen LogP contribution in [0.3, 0.4) is 0 Å². The monoisotopic (exact) mass is 501 g/mol. The average molecular weight is 501 g/mol. The van der Waals surface area contributed by atoms with Gasteiger partial charge in [-0.25, -0.2) is 4.68 Å². The Kier molecular flexibility index (Phi) is 7.07. The normalized spacial score (nSPS) is 12.8. The quantitative estimate of drug-likeness (QED) is 0.502. The molecule has 0 aliphatic carbocycles. The standard InChI is InChI=1S/C20H17F6N7O2/c1-10(16-17(29-4-3-28-16)14-8-33(32-31-14)9-15(34)27-2)30-18(35)11-5-12(19(21,22)23)7-13(6-11)20(24,25)26/h3-8,10H,9H2,1-2H3,(H,27,34)(H,30,35). The van der Waals surface area contributed by atoms with Crippen molar-refractivity contribution in [2.24, 2.45) is 0 Å². The number of hydrogen-bond acceptors (Lipinski definition) is 6. The molecule has 1 atom stereocenters. The lowest BCUT2D eigenvalue weighted by Crippen LogP contribution is -2.28. The number of alkyl halides is 6. The first-order valence-electron chi connectivity index (χ1n) is 9.82. The fourth-order valence-corrected chi connectivity index (χ4v) is 3.01. The molecule has 2 amide bonds.